The molecule has 0 fully saturated rings. The van der Waals surface area contributed by atoms with Crippen LogP contribution in [0.4, 0.5) is 0 Å². The Bertz CT molecular complexity index is 1170. The molecule has 0 rings (SSSR count). The topological polar surface area (TPSA) is 78.9 Å². The van der Waals surface area contributed by atoms with Gasteiger partial charge >= 0.3 is 17.9 Å². The lowest BCUT2D eigenvalue weighted by atomic mass is 10.0. The molecule has 0 radical (unpaired) electrons. The van der Waals surface area contributed by atoms with Crippen molar-refractivity contribution in [1.29, 1.82) is 0 Å². The average Bonchev–Trinajstić information content (AvgIpc) is 3.41. The largest absolute Gasteiger partial charge is 0.462 e. The molecule has 6 nitrogen and oxygen atoms in total. The highest BCUT2D eigenvalue weighted by Crippen LogP contribution is 2.19. The van der Waals surface area contributed by atoms with Gasteiger partial charge in [-0.3, -0.25) is 14.4 Å². The van der Waals surface area contributed by atoms with E-state index in [1.54, 1.807) is 0 Å². The molecular weight excluding hydrogens is 925 g/mol. The molecule has 0 N–H and O–H groups in total. The summed E-state index contributed by atoms with van der Waals surface area (Å²) in [7, 11) is 0. The summed E-state index contributed by atoms with van der Waals surface area (Å²) >= 11 is 0. The summed E-state index contributed by atoms with van der Waals surface area (Å²) in [6.45, 7) is 6.73. The monoisotopic (exact) mass is 1060 g/mol. The van der Waals surface area contributed by atoms with Crippen molar-refractivity contribution in [3.8, 4) is 0 Å². The molecule has 0 aliphatic rings. The summed E-state index contributed by atoms with van der Waals surface area (Å²) in [5.74, 6) is -0.831. The Kier molecular flexibility index (Phi) is 63.1. The van der Waals surface area contributed by atoms with E-state index in [2.05, 4.69) is 32.9 Å². The Morgan fingerprint density at radius 1 is 0.253 bits per heavy atom. The van der Waals surface area contributed by atoms with Crippen LogP contribution in [0.5, 0.6) is 0 Å². The summed E-state index contributed by atoms with van der Waals surface area (Å²) in [5.41, 5.74) is 0. The number of unbranched alkanes of at least 4 members (excludes halogenated alkanes) is 51. The van der Waals surface area contributed by atoms with Crippen molar-refractivity contribution >= 4 is 17.9 Å². The van der Waals surface area contributed by atoms with Crippen LogP contribution < -0.4 is 0 Å². The Hall–Kier alpha value is -1.85. The first-order chi connectivity index (χ1) is 37.0. The molecule has 0 bridgehead atoms. The van der Waals surface area contributed by atoms with Gasteiger partial charge < -0.3 is 14.2 Å². The number of carbonyl (C=O) groups excluding carboxylic acids is 3. The second-order valence-corrected chi connectivity index (χ2v) is 23.5. The van der Waals surface area contributed by atoms with Gasteiger partial charge in [-0.05, 0) is 44.9 Å². The van der Waals surface area contributed by atoms with Crippen LogP contribution in [0.15, 0.2) is 12.2 Å². The van der Waals surface area contributed by atoms with Gasteiger partial charge in [-0.15, -0.1) is 0 Å². The van der Waals surface area contributed by atoms with Crippen LogP contribution in [0.25, 0.3) is 0 Å². The van der Waals surface area contributed by atoms with Gasteiger partial charge in [0.25, 0.3) is 0 Å². The van der Waals surface area contributed by atoms with Gasteiger partial charge in [0.1, 0.15) is 13.2 Å². The molecule has 0 aliphatic heterocycles. The fourth-order valence-electron chi connectivity index (χ4n) is 10.6. The van der Waals surface area contributed by atoms with E-state index in [4.69, 9.17) is 14.2 Å². The number of hydrogen-bond donors (Lipinski definition) is 0. The Morgan fingerprint density at radius 2 is 0.440 bits per heavy atom. The highest BCUT2D eigenvalue weighted by atomic mass is 16.6. The molecular formula is C69H132O6. The number of ether oxygens (including phenoxy) is 3. The average molecular weight is 1060 g/mol. The molecule has 75 heavy (non-hydrogen) atoms. The molecule has 0 spiro atoms. The number of rotatable bonds is 64. The van der Waals surface area contributed by atoms with Crippen LogP contribution in [0.2, 0.25) is 0 Å². The van der Waals surface area contributed by atoms with Crippen molar-refractivity contribution < 1.29 is 28.6 Å². The third-order valence-electron chi connectivity index (χ3n) is 15.8. The van der Waals surface area contributed by atoms with Crippen molar-refractivity contribution in [2.45, 2.75) is 399 Å². The molecule has 6 heteroatoms. The molecule has 1 unspecified atom stereocenters. The number of allylic oxidation sites excluding steroid dienone is 2. The zero-order valence-electron chi connectivity index (χ0n) is 51.1. The number of carbonyl (C=O) groups is 3. The van der Waals surface area contributed by atoms with Gasteiger partial charge in [0.15, 0.2) is 6.10 Å². The molecule has 0 amide bonds. The molecule has 0 aromatic rings. The smallest absolute Gasteiger partial charge is 0.306 e. The Labute approximate surface area is 469 Å². The van der Waals surface area contributed by atoms with Crippen molar-refractivity contribution in [2.75, 3.05) is 13.2 Å². The van der Waals surface area contributed by atoms with Crippen LogP contribution in [-0.2, 0) is 28.6 Å². The van der Waals surface area contributed by atoms with E-state index >= 15 is 0 Å². The second kappa shape index (κ2) is 64.7. The van der Waals surface area contributed by atoms with E-state index in [1.807, 2.05) is 0 Å². The fraction of sp³-hybridized carbons (Fsp3) is 0.928. The van der Waals surface area contributed by atoms with E-state index in [1.165, 1.54) is 295 Å². The van der Waals surface area contributed by atoms with Gasteiger partial charge in [0.2, 0.25) is 0 Å². The SMILES string of the molecule is CCCCCCCCCC/C=C\CCCCCCCCCCCC(=O)OCC(COC(=O)CCCCCCCCCCCCCCCCC)OC(=O)CCCCCCCCCCCCCCCCCCCCCCC. The third-order valence-corrected chi connectivity index (χ3v) is 15.8. The van der Waals surface area contributed by atoms with Crippen LogP contribution in [0.1, 0.15) is 393 Å². The van der Waals surface area contributed by atoms with Gasteiger partial charge in [0, 0.05) is 19.3 Å². The lowest BCUT2D eigenvalue weighted by Crippen LogP contribution is -2.30. The normalized spacial score (nSPS) is 12.0. The van der Waals surface area contributed by atoms with Crippen molar-refractivity contribution in [3.05, 3.63) is 12.2 Å². The molecule has 0 aliphatic carbocycles. The molecule has 444 valence electrons. The summed E-state index contributed by atoms with van der Waals surface area (Å²) in [5, 5.41) is 0. The maximum Gasteiger partial charge on any atom is 0.306 e. The fourth-order valence-corrected chi connectivity index (χ4v) is 10.6. The lowest BCUT2D eigenvalue weighted by molar-refractivity contribution is -0.167. The van der Waals surface area contributed by atoms with E-state index in [0.717, 1.165) is 57.8 Å². The van der Waals surface area contributed by atoms with Crippen LogP contribution >= 0.6 is 0 Å². The van der Waals surface area contributed by atoms with Crippen molar-refractivity contribution in [1.82, 2.24) is 0 Å². The first-order valence-corrected chi connectivity index (χ1v) is 34.2. The summed E-state index contributed by atoms with van der Waals surface area (Å²) in [4.78, 5) is 38.4. The van der Waals surface area contributed by atoms with Gasteiger partial charge in [0.05, 0.1) is 0 Å². The van der Waals surface area contributed by atoms with Gasteiger partial charge in [-0.1, -0.05) is 341 Å². The first kappa shape index (κ1) is 73.2. The first-order valence-electron chi connectivity index (χ1n) is 34.2. The van der Waals surface area contributed by atoms with Crippen molar-refractivity contribution in [2.24, 2.45) is 0 Å². The standard InChI is InChI=1S/C69H132O6/c1-4-7-10-13-16-19-22-25-28-30-32-34-36-38-41-44-47-50-53-56-59-62-68(71)74-65-66(64-73-67(70)61-58-55-52-49-46-43-40-27-24-21-18-15-12-9-6-3)75-69(72)63-60-57-54-51-48-45-42-39-37-35-33-31-29-26-23-20-17-14-11-8-5-2/h30,32,66H,4-29,31,33-65H2,1-3H3/b32-30-. The minimum absolute atomic E-state index is 0.0635. The van der Waals surface area contributed by atoms with Crippen LogP contribution in [0, 0.1) is 0 Å². The van der Waals surface area contributed by atoms with Gasteiger partial charge in [-0.2, -0.15) is 0 Å². The molecule has 1 atom stereocenters. The lowest BCUT2D eigenvalue weighted by Gasteiger charge is -2.18. The minimum atomic E-state index is -0.767. The van der Waals surface area contributed by atoms with E-state index < -0.39 is 6.10 Å². The minimum Gasteiger partial charge on any atom is -0.462 e. The quantitative estimate of drug-likeness (QED) is 0.0261. The number of esters is 3. The predicted octanol–water partition coefficient (Wildman–Crippen LogP) is 23.2. The van der Waals surface area contributed by atoms with Gasteiger partial charge in [-0.25, -0.2) is 0 Å². The van der Waals surface area contributed by atoms with Crippen LogP contribution in [0.3, 0.4) is 0 Å². The predicted molar refractivity (Wildman–Crippen MR) is 326 cm³/mol. The van der Waals surface area contributed by atoms with E-state index in [0.29, 0.717) is 19.3 Å². The summed E-state index contributed by atoms with van der Waals surface area (Å²) in [6, 6.07) is 0. The van der Waals surface area contributed by atoms with E-state index in [9.17, 15) is 14.4 Å². The second-order valence-electron chi connectivity index (χ2n) is 23.5. The summed E-state index contributed by atoms with van der Waals surface area (Å²) in [6.07, 6.45) is 76.5. The molecule has 0 saturated heterocycles. The highest BCUT2D eigenvalue weighted by molar-refractivity contribution is 5.71. The van der Waals surface area contributed by atoms with E-state index in [-0.39, 0.29) is 31.1 Å². The number of hydrogen-bond acceptors (Lipinski definition) is 6. The molecule has 0 aromatic heterocycles. The Balaban J connectivity index is 4.27. The molecule has 0 saturated carbocycles. The molecule has 0 aromatic carbocycles. The maximum atomic E-state index is 12.9. The summed E-state index contributed by atoms with van der Waals surface area (Å²) < 4.78 is 17.0. The molecule has 0 heterocycles. The zero-order valence-corrected chi connectivity index (χ0v) is 51.1. The third kappa shape index (κ3) is 62.9. The van der Waals surface area contributed by atoms with Crippen molar-refractivity contribution in [3.63, 3.8) is 0 Å². The highest BCUT2D eigenvalue weighted by Gasteiger charge is 2.19. The van der Waals surface area contributed by atoms with Crippen LogP contribution in [-0.4, -0.2) is 37.2 Å². The Morgan fingerprint density at radius 3 is 0.667 bits per heavy atom. The maximum absolute atomic E-state index is 12.9. The zero-order chi connectivity index (χ0) is 54.3.